The third-order valence-corrected chi connectivity index (χ3v) is 5.50. The third-order valence-electron chi connectivity index (χ3n) is 5.00. The zero-order valence-corrected chi connectivity index (χ0v) is 19.8. The maximum Gasteiger partial charge on any atom is 0.189 e. The lowest BCUT2D eigenvalue weighted by Crippen LogP contribution is -2.36. The lowest BCUT2D eigenvalue weighted by molar-refractivity contribution is 0.0832. The molecule has 2 heterocycles. The van der Waals surface area contributed by atoms with Crippen LogP contribution in [0.4, 0.5) is 0 Å². The summed E-state index contributed by atoms with van der Waals surface area (Å²) in [5, 5.41) is 9.18. The first-order valence-corrected chi connectivity index (χ1v) is 10.7. The Morgan fingerprint density at radius 1 is 0.818 bits per heavy atom. The van der Waals surface area contributed by atoms with E-state index < -0.39 is 5.54 Å². The standard InChI is InChI=1S/C12H12ClN3O.C11H10ClN3O/c1-12(2,16-8-14-7-15-16)11(17)9-3-5-10(13)6-4-9;1-8(15-7-13-6-14-15)11(16)9-2-4-10(12)5-3-9/h3-8H,1-2H3;2-8H,1H3. The molecule has 0 aliphatic rings. The number of ketones is 2. The first kappa shape index (κ1) is 24.3. The molecule has 0 N–H and O–H groups in total. The van der Waals surface area contributed by atoms with Crippen LogP contribution >= 0.6 is 23.2 Å². The first-order valence-electron chi connectivity index (χ1n) is 9.99. The predicted octanol–water partition coefficient (Wildman–Crippen LogP) is 4.92. The van der Waals surface area contributed by atoms with E-state index in [4.69, 9.17) is 23.2 Å². The van der Waals surface area contributed by atoms with Crippen LogP contribution in [-0.4, -0.2) is 41.1 Å². The quantitative estimate of drug-likeness (QED) is 0.360. The number of halogens is 2. The molecule has 1 atom stereocenters. The molecule has 8 nitrogen and oxygen atoms in total. The topological polar surface area (TPSA) is 95.6 Å². The van der Waals surface area contributed by atoms with E-state index in [0.29, 0.717) is 21.2 Å². The highest BCUT2D eigenvalue weighted by Crippen LogP contribution is 2.21. The van der Waals surface area contributed by atoms with Crippen LogP contribution in [0.15, 0.2) is 73.8 Å². The largest absolute Gasteiger partial charge is 0.292 e. The molecule has 0 amide bonds. The maximum atomic E-state index is 12.3. The highest BCUT2D eigenvalue weighted by Gasteiger charge is 2.31. The molecule has 0 spiro atoms. The van der Waals surface area contributed by atoms with Gasteiger partial charge in [-0.2, -0.15) is 10.2 Å². The van der Waals surface area contributed by atoms with Gasteiger partial charge in [0, 0.05) is 21.2 Å². The molecule has 0 fully saturated rings. The summed E-state index contributed by atoms with van der Waals surface area (Å²) in [6.07, 6.45) is 5.88. The molecule has 0 radical (unpaired) electrons. The Balaban J connectivity index is 0.000000186. The van der Waals surface area contributed by atoms with Gasteiger partial charge in [-0.3, -0.25) is 9.59 Å². The van der Waals surface area contributed by atoms with Crippen LogP contribution in [-0.2, 0) is 5.54 Å². The molecule has 2 aromatic carbocycles. The third kappa shape index (κ3) is 5.91. The van der Waals surface area contributed by atoms with Gasteiger partial charge in [0.05, 0.1) is 0 Å². The minimum absolute atomic E-state index is 0.0119. The highest BCUT2D eigenvalue weighted by molar-refractivity contribution is 6.31. The first-order chi connectivity index (χ1) is 15.7. The van der Waals surface area contributed by atoms with Crippen molar-refractivity contribution in [3.8, 4) is 0 Å². The molecule has 0 saturated heterocycles. The van der Waals surface area contributed by atoms with E-state index in [9.17, 15) is 9.59 Å². The summed E-state index contributed by atoms with van der Waals surface area (Å²) >= 11 is 11.5. The summed E-state index contributed by atoms with van der Waals surface area (Å²) in [5.41, 5.74) is 0.465. The van der Waals surface area contributed by atoms with Gasteiger partial charge in [-0.1, -0.05) is 23.2 Å². The van der Waals surface area contributed by atoms with Crippen LogP contribution in [0.25, 0.3) is 0 Å². The highest BCUT2D eigenvalue weighted by atomic mass is 35.5. The van der Waals surface area contributed by atoms with Crippen molar-refractivity contribution in [2.24, 2.45) is 0 Å². The molecule has 1 unspecified atom stereocenters. The second kappa shape index (κ2) is 10.5. The molecule has 0 aliphatic heterocycles. The Morgan fingerprint density at radius 2 is 1.33 bits per heavy atom. The minimum atomic E-state index is -0.760. The van der Waals surface area contributed by atoms with Crippen molar-refractivity contribution in [3.05, 3.63) is 95.0 Å². The average molecular weight is 485 g/mol. The van der Waals surface area contributed by atoms with E-state index >= 15 is 0 Å². The second-order valence-corrected chi connectivity index (χ2v) is 8.53. The monoisotopic (exact) mass is 484 g/mol. The van der Waals surface area contributed by atoms with E-state index in [2.05, 4.69) is 20.2 Å². The van der Waals surface area contributed by atoms with Crippen molar-refractivity contribution in [3.63, 3.8) is 0 Å². The molecule has 4 rings (SSSR count). The molecule has 2 aromatic heterocycles. The Bertz CT molecular complexity index is 1190. The van der Waals surface area contributed by atoms with Crippen molar-refractivity contribution in [1.29, 1.82) is 0 Å². The molecular weight excluding hydrogens is 463 g/mol. The van der Waals surface area contributed by atoms with Gasteiger partial charge in [0.15, 0.2) is 11.6 Å². The van der Waals surface area contributed by atoms with Gasteiger partial charge in [0.2, 0.25) is 0 Å². The number of hydrogen-bond donors (Lipinski definition) is 0. The van der Waals surface area contributed by atoms with Crippen molar-refractivity contribution in [1.82, 2.24) is 29.5 Å². The Labute approximate surface area is 201 Å². The van der Waals surface area contributed by atoms with E-state index in [1.807, 2.05) is 0 Å². The summed E-state index contributed by atoms with van der Waals surface area (Å²) in [7, 11) is 0. The molecule has 4 aromatic rings. The summed E-state index contributed by atoms with van der Waals surface area (Å²) < 4.78 is 3.07. The number of carbonyl (C=O) groups excluding carboxylic acids is 2. The van der Waals surface area contributed by atoms with Gasteiger partial charge < -0.3 is 0 Å². The van der Waals surface area contributed by atoms with Crippen LogP contribution in [0.2, 0.25) is 10.0 Å². The normalized spacial score (nSPS) is 11.9. The van der Waals surface area contributed by atoms with Gasteiger partial charge in [-0.25, -0.2) is 19.3 Å². The van der Waals surface area contributed by atoms with E-state index in [0.717, 1.165) is 0 Å². The molecular formula is C23H22Cl2N6O2. The fraction of sp³-hybridized carbons (Fsp3) is 0.217. The van der Waals surface area contributed by atoms with E-state index in [1.54, 1.807) is 74.0 Å². The average Bonchev–Trinajstić information content (AvgIpc) is 3.54. The number of Topliss-reactive ketones (excluding diaryl/α,β-unsaturated/α-hetero) is 2. The van der Waals surface area contributed by atoms with Crippen molar-refractivity contribution < 1.29 is 9.59 Å². The summed E-state index contributed by atoms with van der Waals surface area (Å²) in [4.78, 5) is 32.0. The molecule has 170 valence electrons. The molecule has 0 aliphatic carbocycles. The van der Waals surface area contributed by atoms with E-state index in [1.165, 1.54) is 30.0 Å². The lowest BCUT2D eigenvalue weighted by Gasteiger charge is -2.23. The number of carbonyl (C=O) groups is 2. The van der Waals surface area contributed by atoms with Gasteiger partial charge in [0.1, 0.15) is 36.9 Å². The number of aromatic nitrogens is 6. The van der Waals surface area contributed by atoms with Crippen molar-refractivity contribution >= 4 is 34.8 Å². The lowest BCUT2D eigenvalue weighted by atomic mass is 9.93. The zero-order chi connectivity index (χ0) is 24.0. The van der Waals surface area contributed by atoms with Gasteiger partial charge in [-0.05, 0) is 69.3 Å². The van der Waals surface area contributed by atoms with Crippen LogP contribution in [0.3, 0.4) is 0 Å². The van der Waals surface area contributed by atoms with Gasteiger partial charge >= 0.3 is 0 Å². The number of benzene rings is 2. The number of nitrogens with zero attached hydrogens (tertiary/aromatic N) is 6. The van der Waals surface area contributed by atoms with Crippen LogP contribution in [0.1, 0.15) is 47.5 Å². The maximum absolute atomic E-state index is 12.3. The zero-order valence-electron chi connectivity index (χ0n) is 18.3. The SMILES string of the molecule is CC(C(=O)c1ccc(Cl)cc1)n1cncn1.CC(C)(C(=O)c1ccc(Cl)cc1)n1cncn1. The molecule has 33 heavy (non-hydrogen) atoms. The van der Waals surface area contributed by atoms with Gasteiger partial charge in [-0.15, -0.1) is 0 Å². The minimum Gasteiger partial charge on any atom is -0.292 e. The summed E-state index contributed by atoms with van der Waals surface area (Å²) in [6.45, 7) is 5.39. The van der Waals surface area contributed by atoms with Crippen LogP contribution in [0, 0.1) is 0 Å². The molecule has 10 heteroatoms. The predicted molar refractivity (Wildman–Crippen MR) is 126 cm³/mol. The fourth-order valence-corrected chi connectivity index (χ4v) is 3.20. The Kier molecular flexibility index (Phi) is 7.73. The van der Waals surface area contributed by atoms with Crippen molar-refractivity contribution in [2.45, 2.75) is 32.4 Å². The fourth-order valence-electron chi connectivity index (χ4n) is 2.95. The van der Waals surface area contributed by atoms with Crippen LogP contribution < -0.4 is 0 Å². The Morgan fingerprint density at radius 3 is 1.82 bits per heavy atom. The summed E-state index contributed by atoms with van der Waals surface area (Å²) in [5.74, 6) is -0.0400. The number of rotatable bonds is 6. The van der Waals surface area contributed by atoms with E-state index in [-0.39, 0.29) is 17.6 Å². The van der Waals surface area contributed by atoms with Crippen molar-refractivity contribution in [2.75, 3.05) is 0 Å². The second-order valence-electron chi connectivity index (χ2n) is 7.66. The van der Waals surface area contributed by atoms with Gasteiger partial charge in [0.25, 0.3) is 0 Å². The van der Waals surface area contributed by atoms with Crippen LogP contribution in [0.5, 0.6) is 0 Å². The summed E-state index contributed by atoms with van der Waals surface area (Å²) in [6, 6.07) is 13.3. The smallest absolute Gasteiger partial charge is 0.189 e. The molecule has 0 bridgehead atoms. The Hall–Kier alpha value is -3.36. The number of hydrogen-bond acceptors (Lipinski definition) is 6. The molecule has 0 saturated carbocycles.